The SMILES string of the molecule is C[N+]12C=CN(c3ccccc3)C1C=Cc1ccccc12. The third-order valence-electron chi connectivity index (χ3n) is 4.33. The summed E-state index contributed by atoms with van der Waals surface area (Å²) in [6.45, 7) is 0. The summed E-state index contributed by atoms with van der Waals surface area (Å²) in [7, 11) is 2.27. The lowest BCUT2D eigenvalue weighted by molar-refractivity contribution is 0.402. The number of para-hydroxylation sites is 2. The van der Waals surface area contributed by atoms with Crippen molar-refractivity contribution in [2.24, 2.45) is 0 Å². The van der Waals surface area contributed by atoms with E-state index in [1.807, 2.05) is 0 Å². The van der Waals surface area contributed by atoms with Gasteiger partial charge in [0.15, 0.2) is 6.17 Å². The van der Waals surface area contributed by atoms with Crippen molar-refractivity contribution in [1.29, 1.82) is 0 Å². The molecule has 2 aromatic carbocycles. The molecule has 0 N–H and O–H groups in total. The first-order valence-corrected chi connectivity index (χ1v) is 6.95. The molecule has 2 aromatic rings. The normalized spacial score (nSPS) is 26.4. The molecule has 0 fully saturated rings. The summed E-state index contributed by atoms with van der Waals surface area (Å²) in [5, 5.41) is 0. The van der Waals surface area contributed by atoms with Crippen LogP contribution in [0.4, 0.5) is 11.4 Å². The first-order valence-electron chi connectivity index (χ1n) is 6.95. The van der Waals surface area contributed by atoms with E-state index in [9.17, 15) is 0 Å². The van der Waals surface area contributed by atoms with Gasteiger partial charge in [-0.3, -0.25) is 4.90 Å². The van der Waals surface area contributed by atoms with Crippen LogP contribution in [0.1, 0.15) is 5.56 Å². The van der Waals surface area contributed by atoms with Crippen molar-refractivity contribution in [3.8, 4) is 0 Å². The molecule has 0 spiro atoms. The highest BCUT2D eigenvalue weighted by Crippen LogP contribution is 2.40. The van der Waals surface area contributed by atoms with Gasteiger partial charge in [-0.1, -0.05) is 30.3 Å². The zero-order valence-corrected chi connectivity index (χ0v) is 11.5. The van der Waals surface area contributed by atoms with Gasteiger partial charge in [0, 0.05) is 17.3 Å². The van der Waals surface area contributed by atoms with Crippen molar-refractivity contribution in [3.05, 3.63) is 78.6 Å². The van der Waals surface area contributed by atoms with E-state index in [1.54, 1.807) is 0 Å². The van der Waals surface area contributed by atoms with Crippen LogP contribution in [0.3, 0.4) is 0 Å². The Kier molecular flexibility index (Phi) is 2.35. The van der Waals surface area contributed by atoms with E-state index in [2.05, 4.69) is 91.1 Å². The summed E-state index contributed by atoms with van der Waals surface area (Å²) in [5.74, 6) is 0. The zero-order valence-electron chi connectivity index (χ0n) is 11.5. The summed E-state index contributed by atoms with van der Waals surface area (Å²) in [4.78, 5) is 2.34. The molecule has 0 amide bonds. The topological polar surface area (TPSA) is 3.24 Å². The molecular weight excluding hydrogens is 244 g/mol. The highest BCUT2D eigenvalue weighted by Gasteiger charge is 2.43. The van der Waals surface area contributed by atoms with Crippen molar-refractivity contribution < 1.29 is 0 Å². The van der Waals surface area contributed by atoms with E-state index in [0.717, 1.165) is 4.48 Å². The number of nitrogens with zero attached hydrogens (tertiary/aromatic N) is 2. The third kappa shape index (κ3) is 1.49. The smallest absolute Gasteiger partial charge is 0.197 e. The molecule has 2 unspecified atom stereocenters. The van der Waals surface area contributed by atoms with Gasteiger partial charge in [0.2, 0.25) is 0 Å². The lowest BCUT2D eigenvalue weighted by Crippen LogP contribution is -2.52. The second-order valence-electron chi connectivity index (χ2n) is 5.52. The Morgan fingerprint density at radius 3 is 2.55 bits per heavy atom. The van der Waals surface area contributed by atoms with Crippen LogP contribution in [0.15, 0.2) is 73.1 Å². The molecule has 0 aliphatic carbocycles. The average molecular weight is 261 g/mol. The molecule has 98 valence electrons. The highest BCUT2D eigenvalue weighted by atomic mass is 15.5. The Labute approximate surface area is 119 Å². The van der Waals surface area contributed by atoms with Gasteiger partial charge >= 0.3 is 0 Å². The summed E-state index contributed by atoms with van der Waals surface area (Å²) in [6, 6.07) is 19.2. The van der Waals surface area contributed by atoms with Crippen LogP contribution in [-0.2, 0) is 0 Å². The molecular formula is C18H17N2+. The minimum atomic E-state index is 0.298. The van der Waals surface area contributed by atoms with Crippen LogP contribution in [0, 0.1) is 0 Å². The minimum Gasteiger partial charge on any atom is -0.289 e. The Balaban J connectivity index is 1.82. The lowest BCUT2D eigenvalue weighted by atomic mass is 10.0. The van der Waals surface area contributed by atoms with Crippen LogP contribution >= 0.6 is 0 Å². The number of hydrogen-bond donors (Lipinski definition) is 0. The van der Waals surface area contributed by atoms with Crippen LogP contribution in [0.5, 0.6) is 0 Å². The van der Waals surface area contributed by atoms with Crippen molar-refractivity contribution in [1.82, 2.24) is 4.48 Å². The monoisotopic (exact) mass is 261 g/mol. The van der Waals surface area contributed by atoms with E-state index < -0.39 is 0 Å². The van der Waals surface area contributed by atoms with Gasteiger partial charge in [-0.15, -0.1) is 0 Å². The lowest BCUT2D eigenvalue weighted by Gasteiger charge is -2.38. The predicted molar refractivity (Wildman–Crippen MR) is 85.0 cm³/mol. The van der Waals surface area contributed by atoms with Crippen LogP contribution in [0.2, 0.25) is 0 Å². The maximum atomic E-state index is 2.34. The van der Waals surface area contributed by atoms with Crippen LogP contribution in [0.25, 0.3) is 6.08 Å². The highest BCUT2D eigenvalue weighted by molar-refractivity contribution is 5.74. The summed E-state index contributed by atoms with van der Waals surface area (Å²) in [6.07, 6.45) is 9.32. The van der Waals surface area contributed by atoms with Crippen molar-refractivity contribution in [2.75, 3.05) is 11.9 Å². The fourth-order valence-electron chi connectivity index (χ4n) is 3.24. The fraction of sp³-hybridized carbons (Fsp3) is 0.111. The standard InChI is InChI=1S/C18H17N2/c1-20-14-13-19(16-8-3-2-4-9-16)18(20)12-11-15-7-5-6-10-17(15)20/h2-14,18H,1H3/q+1. The third-order valence-corrected chi connectivity index (χ3v) is 4.33. The number of likely N-dealkylation sites (N-methyl/N-ethyl adjacent to an activating group) is 1. The average Bonchev–Trinajstić information content (AvgIpc) is 2.86. The maximum Gasteiger partial charge on any atom is 0.197 e. The number of quaternary nitrogens is 1. The van der Waals surface area contributed by atoms with Crippen molar-refractivity contribution in [3.63, 3.8) is 0 Å². The van der Waals surface area contributed by atoms with E-state index in [-0.39, 0.29) is 0 Å². The Morgan fingerprint density at radius 1 is 0.950 bits per heavy atom. The van der Waals surface area contributed by atoms with Crippen LogP contribution in [-0.4, -0.2) is 13.2 Å². The molecule has 2 nitrogen and oxygen atoms in total. The molecule has 2 atom stereocenters. The summed E-state index contributed by atoms with van der Waals surface area (Å²) in [5.41, 5.74) is 3.90. The molecule has 0 saturated heterocycles. The molecule has 20 heavy (non-hydrogen) atoms. The van der Waals surface area contributed by atoms with E-state index in [0.29, 0.717) is 6.17 Å². The summed E-state index contributed by atoms with van der Waals surface area (Å²) >= 11 is 0. The molecule has 0 saturated carbocycles. The molecule has 0 radical (unpaired) electrons. The first kappa shape index (κ1) is 11.5. The quantitative estimate of drug-likeness (QED) is 0.702. The molecule has 2 aliphatic heterocycles. The summed E-state index contributed by atoms with van der Waals surface area (Å²) < 4.78 is 0.807. The molecule has 2 heterocycles. The van der Waals surface area contributed by atoms with Crippen molar-refractivity contribution in [2.45, 2.75) is 6.17 Å². The number of fused-ring (bicyclic) bond motifs is 3. The van der Waals surface area contributed by atoms with Crippen molar-refractivity contribution >= 4 is 17.5 Å². The van der Waals surface area contributed by atoms with Gasteiger partial charge < -0.3 is 0 Å². The van der Waals surface area contributed by atoms with Gasteiger partial charge in [-0.2, -0.15) is 0 Å². The van der Waals surface area contributed by atoms with E-state index in [1.165, 1.54) is 16.9 Å². The number of benzene rings is 2. The van der Waals surface area contributed by atoms with Gasteiger partial charge in [-0.05, 0) is 30.4 Å². The van der Waals surface area contributed by atoms with Gasteiger partial charge in [0.25, 0.3) is 0 Å². The molecule has 0 aromatic heterocycles. The van der Waals surface area contributed by atoms with Gasteiger partial charge in [-0.25, -0.2) is 4.48 Å². The molecule has 2 heteroatoms. The largest absolute Gasteiger partial charge is 0.289 e. The second kappa shape index (κ2) is 4.09. The van der Waals surface area contributed by atoms with E-state index in [4.69, 9.17) is 0 Å². The fourth-order valence-corrected chi connectivity index (χ4v) is 3.24. The number of hydrogen-bond acceptors (Lipinski definition) is 1. The Morgan fingerprint density at radius 2 is 1.70 bits per heavy atom. The minimum absolute atomic E-state index is 0.298. The number of rotatable bonds is 1. The second-order valence-corrected chi connectivity index (χ2v) is 5.52. The maximum absolute atomic E-state index is 2.34. The van der Waals surface area contributed by atoms with Gasteiger partial charge in [0.05, 0.1) is 13.2 Å². The zero-order chi connectivity index (χ0) is 13.6. The Hall–Kier alpha value is -2.32. The predicted octanol–water partition coefficient (Wildman–Crippen LogP) is 3.97. The van der Waals surface area contributed by atoms with Gasteiger partial charge in [0.1, 0.15) is 11.9 Å². The molecule has 4 rings (SSSR count). The first-order chi connectivity index (χ1) is 9.79. The van der Waals surface area contributed by atoms with Crippen LogP contribution < -0.4 is 9.38 Å². The molecule has 2 aliphatic rings. The Bertz CT molecular complexity index is 702. The molecule has 0 bridgehead atoms. The van der Waals surface area contributed by atoms with E-state index >= 15 is 0 Å². The number of anilines is 1.